The van der Waals surface area contributed by atoms with Gasteiger partial charge >= 0.3 is 6.18 Å². The normalized spacial score (nSPS) is 12.6. The third-order valence-corrected chi connectivity index (χ3v) is 7.85. The summed E-state index contributed by atoms with van der Waals surface area (Å²) >= 11 is 1.63. The highest BCUT2D eigenvalue weighted by atomic mass is 32.2. The van der Waals surface area contributed by atoms with Gasteiger partial charge in [-0.05, 0) is 53.6 Å². The molecule has 5 amide bonds. The van der Waals surface area contributed by atoms with E-state index in [0.29, 0.717) is 11.1 Å². The lowest BCUT2D eigenvalue weighted by Gasteiger charge is -2.26. The summed E-state index contributed by atoms with van der Waals surface area (Å²) < 4.78 is 39.2. The van der Waals surface area contributed by atoms with Crippen molar-refractivity contribution in [3.8, 4) is 11.1 Å². The number of benzene rings is 3. The number of alkyl halides is 3. The van der Waals surface area contributed by atoms with E-state index in [4.69, 9.17) is 5.73 Å². The molecular formula is C36H44F3N5O6S. The molecule has 0 bridgehead atoms. The molecule has 51 heavy (non-hydrogen) atoms. The Hall–Kier alpha value is -4.89. The standard InChI is InChI=1S/C33H36F3N5O6S.C3H8/c1-48-24-13-11-22(12-14-24)21-7-9-23(10-8-21)31(46)38-18-29(44)41-26(17-20-5-3-2-4-6-20)32(47)39-19-28(43)40-25(15-16-27(37)42)30(45)33(34,35)36;1-3-2/h2-14,25-26,30,45H,15-19H2,1H3,(H2,37,42)(H,38,46)(H,39,47)(H,40,43)(H,41,44);3H2,1-2H3/t25?,26-,30?;/m0./s1. The molecule has 15 heteroatoms. The predicted molar refractivity (Wildman–Crippen MR) is 189 cm³/mol. The molecule has 3 aromatic carbocycles. The van der Waals surface area contributed by atoms with Crippen molar-refractivity contribution in [3.63, 3.8) is 0 Å². The van der Waals surface area contributed by atoms with Crippen LogP contribution in [0.15, 0.2) is 83.8 Å². The number of hydrogen-bond donors (Lipinski definition) is 6. The first-order valence-corrected chi connectivity index (χ1v) is 17.4. The SMILES string of the molecule is CCC.CSc1ccc(-c2ccc(C(=O)NCC(=O)N[C@@H](Cc3ccccc3)C(=O)NCC(=O)NC(CCC(N)=O)C(O)C(F)(F)F)cc2)cc1. The van der Waals surface area contributed by atoms with Gasteiger partial charge in [0.1, 0.15) is 6.04 Å². The average molecular weight is 732 g/mol. The zero-order chi connectivity index (χ0) is 38.0. The van der Waals surface area contributed by atoms with Crippen molar-refractivity contribution in [2.24, 2.45) is 5.73 Å². The van der Waals surface area contributed by atoms with Crippen LogP contribution in [0.5, 0.6) is 0 Å². The second kappa shape index (κ2) is 21.4. The Kier molecular flexibility index (Phi) is 17.7. The zero-order valence-corrected chi connectivity index (χ0v) is 29.4. The summed E-state index contributed by atoms with van der Waals surface area (Å²) in [6.45, 7) is 2.97. The lowest BCUT2D eigenvalue weighted by Crippen LogP contribution is -2.54. The van der Waals surface area contributed by atoms with Crippen molar-refractivity contribution < 1.29 is 42.3 Å². The van der Waals surface area contributed by atoms with Crippen LogP contribution in [0.1, 0.15) is 49.0 Å². The van der Waals surface area contributed by atoms with Gasteiger partial charge in [-0.3, -0.25) is 24.0 Å². The highest BCUT2D eigenvalue weighted by molar-refractivity contribution is 7.98. The molecule has 0 heterocycles. The summed E-state index contributed by atoms with van der Waals surface area (Å²) in [5.41, 5.74) is 7.82. The Morgan fingerprint density at radius 3 is 1.86 bits per heavy atom. The fraction of sp³-hybridized carbons (Fsp3) is 0.361. The van der Waals surface area contributed by atoms with E-state index in [0.717, 1.165) is 16.0 Å². The van der Waals surface area contributed by atoms with Crippen molar-refractivity contribution in [1.82, 2.24) is 21.3 Å². The lowest BCUT2D eigenvalue weighted by atomic mass is 10.0. The van der Waals surface area contributed by atoms with Crippen LogP contribution in [0.2, 0.25) is 0 Å². The Morgan fingerprint density at radius 2 is 1.33 bits per heavy atom. The molecule has 0 aliphatic rings. The van der Waals surface area contributed by atoms with E-state index in [9.17, 15) is 42.3 Å². The van der Waals surface area contributed by atoms with Crippen LogP contribution in [0.25, 0.3) is 11.1 Å². The highest BCUT2D eigenvalue weighted by Crippen LogP contribution is 2.25. The minimum atomic E-state index is -5.09. The van der Waals surface area contributed by atoms with E-state index in [1.54, 1.807) is 66.4 Å². The Morgan fingerprint density at radius 1 is 0.804 bits per heavy atom. The fourth-order valence-electron chi connectivity index (χ4n) is 4.55. The zero-order valence-electron chi connectivity index (χ0n) is 28.6. The van der Waals surface area contributed by atoms with Gasteiger partial charge in [-0.25, -0.2) is 0 Å². The van der Waals surface area contributed by atoms with Crippen LogP contribution < -0.4 is 27.0 Å². The van der Waals surface area contributed by atoms with Crippen LogP contribution in [0.3, 0.4) is 0 Å². The van der Waals surface area contributed by atoms with Crippen molar-refractivity contribution >= 4 is 41.3 Å². The number of carbonyl (C=O) groups is 5. The van der Waals surface area contributed by atoms with Crippen molar-refractivity contribution in [1.29, 1.82) is 0 Å². The Bertz CT molecular complexity index is 1570. The van der Waals surface area contributed by atoms with Crippen LogP contribution in [-0.2, 0) is 25.6 Å². The summed E-state index contributed by atoms with van der Waals surface area (Å²) in [7, 11) is 0. The van der Waals surface area contributed by atoms with Gasteiger partial charge < -0.3 is 32.1 Å². The molecule has 0 radical (unpaired) electrons. The number of aliphatic hydroxyl groups excluding tert-OH is 1. The molecule has 3 atom stereocenters. The number of halogens is 3. The van der Waals surface area contributed by atoms with Gasteiger partial charge in [-0.2, -0.15) is 13.2 Å². The average Bonchev–Trinajstić information content (AvgIpc) is 3.11. The van der Waals surface area contributed by atoms with E-state index in [1.165, 1.54) is 6.42 Å². The van der Waals surface area contributed by atoms with E-state index in [-0.39, 0.29) is 6.42 Å². The number of nitrogens with one attached hydrogen (secondary N) is 4. The van der Waals surface area contributed by atoms with Gasteiger partial charge in [-0.1, -0.05) is 74.9 Å². The molecule has 0 spiro atoms. The smallest absolute Gasteiger partial charge is 0.382 e. The first-order chi connectivity index (χ1) is 24.2. The van der Waals surface area contributed by atoms with Crippen LogP contribution in [0, 0.1) is 0 Å². The van der Waals surface area contributed by atoms with Crippen molar-refractivity contribution in [2.75, 3.05) is 19.3 Å². The maximum absolute atomic E-state index is 13.1. The minimum absolute atomic E-state index is 0.0125. The number of rotatable bonds is 16. The molecule has 11 nitrogen and oxygen atoms in total. The summed E-state index contributed by atoms with van der Waals surface area (Å²) in [6, 6.07) is 20.2. The summed E-state index contributed by atoms with van der Waals surface area (Å²) in [4.78, 5) is 63.2. The molecule has 0 saturated carbocycles. The number of hydrogen-bond acceptors (Lipinski definition) is 7. The first-order valence-electron chi connectivity index (χ1n) is 16.1. The molecular weight excluding hydrogens is 687 g/mol. The quantitative estimate of drug-likeness (QED) is 0.122. The van der Waals surface area contributed by atoms with Gasteiger partial charge in [0, 0.05) is 23.3 Å². The van der Waals surface area contributed by atoms with Crippen LogP contribution in [-0.4, -0.2) is 78.4 Å². The minimum Gasteiger partial charge on any atom is -0.382 e. The van der Waals surface area contributed by atoms with Gasteiger partial charge in [0.25, 0.3) is 5.91 Å². The van der Waals surface area contributed by atoms with E-state index < -0.39 is 79.8 Å². The molecule has 0 aromatic heterocycles. The van der Waals surface area contributed by atoms with Gasteiger partial charge in [-0.15, -0.1) is 11.8 Å². The maximum Gasteiger partial charge on any atom is 0.416 e. The Balaban J connectivity index is 0.00000290. The maximum atomic E-state index is 13.1. The van der Waals surface area contributed by atoms with E-state index in [2.05, 4.69) is 29.8 Å². The lowest BCUT2D eigenvalue weighted by molar-refractivity contribution is -0.212. The number of nitrogens with two attached hydrogens (primary N) is 1. The number of aliphatic hydroxyl groups is 1. The van der Waals surface area contributed by atoms with E-state index >= 15 is 0 Å². The third kappa shape index (κ3) is 15.3. The molecule has 276 valence electrons. The largest absolute Gasteiger partial charge is 0.416 e. The van der Waals surface area contributed by atoms with E-state index in [1.807, 2.05) is 35.8 Å². The molecule has 3 aromatic rings. The van der Waals surface area contributed by atoms with Gasteiger partial charge in [0.05, 0.1) is 19.1 Å². The topological polar surface area (TPSA) is 180 Å². The van der Waals surface area contributed by atoms with Gasteiger partial charge in [0.2, 0.25) is 23.6 Å². The molecule has 0 saturated heterocycles. The predicted octanol–water partition coefficient (Wildman–Crippen LogP) is 3.74. The number of carbonyl (C=O) groups excluding carboxylic acids is 5. The number of primary amides is 1. The van der Waals surface area contributed by atoms with Crippen molar-refractivity contribution in [2.45, 2.75) is 68.8 Å². The third-order valence-electron chi connectivity index (χ3n) is 7.10. The second-order valence-electron chi connectivity index (χ2n) is 11.4. The Labute approximate surface area is 299 Å². The molecule has 3 rings (SSSR count). The molecule has 0 fully saturated rings. The number of thioether (sulfide) groups is 1. The highest BCUT2D eigenvalue weighted by Gasteiger charge is 2.44. The second-order valence-corrected chi connectivity index (χ2v) is 12.3. The summed E-state index contributed by atoms with van der Waals surface area (Å²) in [5.74, 6) is -4.09. The van der Waals surface area contributed by atoms with Crippen LogP contribution in [0.4, 0.5) is 13.2 Å². The van der Waals surface area contributed by atoms with Gasteiger partial charge in [0.15, 0.2) is 6.10 Å². The first kappa shape index (κ1) is 42.3. The fourth-order valence-corrected chi connectivity index (χ4v) is 4.96. The summed E-state index contributed by atoms with van der Waals surface area (Å²) in [6.07, 6.45) is -5.98. The molecule has 7 N–H and O–H groups in total. The molecule has 2 unspecified atom stereocenters. The number of amides is 5. The molecule has 0 aliphatic heterocycles. The van der Waals surface area contributed by atoms with Crippen LogP contribution >= 0.6 is 11.8 Å². The van der Waals surface area contributed by atoms with Crippen molar-refractivity contribution in [3.05, 3.63) is 90.0 Å². The molecule has 0 aliphatic carbocycles. The summed E-state index contributed by atoms with van der Waals surface area (Å²) in [5, 5.41) is 18.8. The monoisotopic (exact) mass is 731 g/mol.